The lowest BCUT2D eigenvalue weighted by molar-refractivity contribution is 0.0532. The summed E-state index contributed by atoms with van der Waals surface area (Å²) in [6.45, 7) is 5.11. The Morgan fingerprint density at radius 1 is 1.13 bits per heavy atom. The summed E-state index contributed by atoms with van der Waals surface area (Å²) in [5.74, 6) is 1.33. The maximum atomic E-state index is 13.5. The van der Waals surface area contributed by atoms with E-state index in [1.165, 1.54) is 12.8 Å². The number of morpholine rings is 1. The Morgan fingerprint density at radius 2 is 2.05 bits per heavy atom. The molecule has 12 nitrogen and oxygen atoms in total. The minimum absolute atomic E-state index is 0.110. The summed E-state index contributed by atoms with van der Waals surface area (Å²) in [5.41, 5.74) is 4.45. The lowest BCUT2D eigenvalue weighted by atomic mass is 10.1. The van der Waals surface area contributed by atoms with Crippen LogP contribution in [0.15, 0.2) is 43.0 Å². The second-order valence-electron chi connectivity index (χ2n) is 9.88. The lowest BCUT2D eigenvalue weighted by Crippen LogP contribution is -2.41. The highest BCUT2D eigenvalue weighted by Gasteiger charge is 2.28. The lowest BCUT2D eigenvalue weighted by Gasteiger charge is -2.34. The first-order valence-electron chi connectivity index (χ1n) is 12.9. The Bertz CT molecular complexity index is 1510. The van der Waals surface area contributed by atoms with Crippen molar-refractivity contribution in [3.63, 3.8) is 0 Å². The van der Waals surface area contributed by atoms with Gasteiger partial charge in [-0.1, -0.05) is 6.07 Å². The molecule has 0 unspecified atom stereocenters. The highest BCUT2D eigenvalue weighted by Crippen LogP contribution is 2.40. The number of amides is 1. The summed E-state index contributed by atoms with van der Waals surface area (Å²) in [4.78, 5) is 25.0. The van der Waals surface area contributed by atoms with Crippen LogP contribution in [0.25, 0.3) is 17.1 Å². The van der Waals surface area contributed by atoms with Crippen LogP contribution in [0.2, 0.25) is 0 Å². The topological polar surface area (TPSA) is 125 Å². The van der Waals surface area contributed by atoms with Crippen LogP contribution < -0.4 is 15.0 Å². The molecule has 1 amide bonds. The van der Waals surface area contributed by atoms with Crippen LogP contribution in [0.4, 0.5) is 11.4 Å². The molecule has 3 aliphatic rings. The fourth-order valence-electron chi connectivity index (χ4n) is 5.04. The van der Waals surface area contributed by atoms with Crippen molar-refractivity contribution in [2.75, 3.05) is 36.5 Å². The zero-order valence-corrected chi connectivity index (χ0v) is 20.9. The van der Waals surface area contributed by atoms with Crippen LogP contribution in [0.5, 0.6) is 5.75 Å². The van der Waals surface area contributed by atoms with E-state index < -0.39 is 0 Å². The minimum Gasteiger partial charge on any atom is -0.489 e. The van der Waals surface area contributed by atoms with E-state index in [1.807, 2.05) is 29.1 Å². The zero-order chi connectivity index (χ0) is 25.6. The number of aromatic nitrogens is 7. The normalized spacial score (nSPS) is 18.8. The second-order valence-corrected chi connectivity index (χ2v) is 9.88. The van der Waals surface area contributed by atoms with Crippen molar-refractivity contribution in [2.45, 2.75) is 38.3 Å². The van der Waals surface area contributed by atoms with Crippen LogP contribution in [0.3, 0.4) is 0 Å². The number of nitrogens with one attached hydrogen (secondary N) is 1. The van der Waals surface area contributed by atoms with E-state index in [9.17, 15) is 4.79 Å². The largest absolute Gasteiger partial charge is 0.489 e. The molecule has 1 aliphatic carbocycles. The number of imidazole rings is 1. The quantitative estimate of drug-likeness (QED) is 0.429. The monoisotopic (exact) mass is 513 g/mol. The number of nitrogens with zero attached hydrogens (tertiary/aromatic N) is 8. The van der Waals surface area contributed by atoms with E-state index in [1.54, 1.807) is 16.9 Å². The van der Waals surface area contributed by atoms with Gasteiger partial charge >= 0.3 is 0 Å². The first-order valence-corrected chi connectivity index (χ1v) is 12.9. The molecule has 38 heavy (non-hydrogen) atoms. The smallest absolute Gasteiger partial charge is 0.274 e. The summed E-state index contributed by atoms with van der Waals surface area (Å²) >= 11 is 0. The molecule has 1 aromatic carbocycles. The van der Waals surface area contributed by atoms with Crippen molar-refractivity contribution in [1.82, 2.24) is 34.7 Å². The molecule has 2 fully saturated rings. The molecule has 1 N–H and O–H groups in total. The van der Waals surface area contributed by atoms with Crippen molar-refractivity contribution in [2.24, 2.45) is 0 Å². The van der Waals surface area contributed by atoms with E-state index >= 15 is 0 Å². The van der Waals surface area contributed by atoms with Gasteiger partial charge < -0.3 is 24.3 Å². The number of pyridine rings is 1. The van der Waals surface area contributed by atoms with Crippen molar-refractivity contribution in [1.29, 1.82) is 0 Å². The molecule has 0 radical (unpaired) electrons. The Labute approximate surface area is 218 Å². The third-order valence-corrected chi connectivity index (χ3v) is 7.14. The molecule has 2 aliphatic heterocycles. The number of hydrogen-bond acceptors (Lipinski definition) is 9. The van der Waals surface area contributed by atoms with Crippen LogP contribution >= 0.6 is 0 Å². The number of rotatable bonds is 5. The number of hydrogen-bond donors (Lipinski definition) is 1. The Morgan fingerprint density at radius 3 is 2.92 bits per heavy atom. The maximum absolute atomic E-state index is 13.5. The van der Waals surface area contributed by atoms with Gasteiger partial charge in [-0.2, -0.15) is 0 Å². The van der Waals surface area contributed by atoms with E-state index in [0.29, 0.717) is 48.6 Å². The van der Waals surface area contributed by atoms with Gasteiger partial charge in [0.05, 0.1) is 60.1 Å². The molecule has 3 aromatic heterocycles. The SMILES string of the molecule is C[C@@H]1CN(c2cnc(C(=O)Nc3cccc4c3OCCn3nnnc3-4)cc2-n2cnc(C3CC3)c2)CCO1. The minimum atomic E-state index is -0.337. The van der Waals surface area contributed by atoms with Gasteiger partial charge in [0, 0.05) is 25.2 Å². The number of ether oxygens (including phenoxy) is 2. The summed E-state index contributed by atoms with van der Waals surface area (Å²) in [6.07, 6.45) is 8.12. The van der Waals surface area contributed by atoms with Gasteiger partial charge in [-0.3, -0.25) is 4.79 Å². The Balaban J connectivity index is 1.23. The average Bonchev–Trinajstić information content (AvgIpc) is 3.53. The highest BCUT2D eigenvalue weighted by molar-refractivity contribution is 6.05. The van der Waals surface area contributed by atoms with Gasteiger partial charge in [0.1, 0.15) is 12.3 Å². The van der Waals surface area contributed by atoms with Gasteiger partial charge in [-0.25, -0.2) is 14.6 Å². The summed E-state index contributed by atoms with van der Waals surface area (Å²) in [7, 11) is 0. The first kappa shape index (κ1) is 22.8. The molecular formula is C26H27N9O3. The number of fused-ring (bicyclic) bond motifs is 3. The van der Waals surface area contributed by atoms with Gasteiger partial charge in [-0.15, -0.1) is 5.10 Å². The van der Waals surface area contributed by atoms with Crippen molar-refractivity contribution < 1.29 is 14.3 Å². The third kappa shape index (κ3) is 4.16. The maximum Gasteiger partial charge on any atom is 0.274 e. The predicted octanol–water partition coefficient (Wildman–Crippen LogP) is 2.67. The molecule has 194 valence electrons. The van der Waals surface area contributed by atoms with E-state index in [-0.39, 0.29) is 12.0 Å². The molecule has 1 saturated heterocycles. The second kappa shape index (κ2) is 9.21. The third-order valence-electron chi connectivity index (χ3n) is 7.14. The van der Waals surface area contributed by atoms with Gasteiger partial charge in [-0.05, 0) is 48.4 Å². The molecule has 12 heteroatoms. The van der Waals surface area contributed by atoms with Gasteiger partial charge in [0.25, 0.3) is 5.91 Å². The Hall–Kier alpha value is -4.32. The summed E-state index contributed by atoms with van der Waals surface area (Å²) in [6, 6.07) is 7.35. The average molecular weight is 514 g/mol. The zero-order valence-electron chi connectivity index (χ0n) is 20.9. The molecule has 0 spiro atoms. The van der Waals surface area contributed by atoms with Crippen LogP contribution in [0, 0.1) is 0 Å². The Kier molecular flexibility index (Phi) is 5.54. The standard InChI is InChI=1S/C26H27N9O3/c1-16-13-33(7-9-37-16)23-12-27-20(11-22(23)34-14-21(28-15-34)17-5-6-17)26(36)29-19-4-2-3-18-24(19)38-10-8-35-25(18)30-31-32-35/h2-4,11-12,14-17H,5-10,13H2,1H3,(H,29,36)/t16-/m1/s1. The molecule has 0 bridgehead atoms. The molecule has 5 heterocycles. The fraction of sp³-hybridized carbons (Fsp3) is 0.385. The summed E-state index contributed by atoms with van der Waals surface area (Å²) in [5, 5.41) is 14.9. The first-order chi connectivity index (χ1) is 18.6. The van der Waals surface area contributed by atoms with Crippen LogP contribution in [0.1, 0.15) is 41.9 Å². The van der Waals surface area contributed by atoms with E-state index in [0.717, 1.165) is 35.7 Å². The molecule has 7 rings (SSSR count). The van der Waals surface area contributed by atoms with E-state index in [2.05, 4.69) is 48.8 Å². The van der Waals surface area contributed by atoms with Gasteiger partial charge in [0.15, 0.2) is 11.6 Å². The van der Waals surface area contributed by atoms with E-state index in [4.69, 9.17) is 9.47 Å². The van der Waals surface area contributed by atoms with Crippen molar-refractivity contribution >= 4 is 17.3 Å². The highest BCUT2D eigenvalue weighted by atomic mass is 16.5. The van der Waals surface area contributed by atoms with Crippen LogP contribution in [-0.2, 0) is 11.3 Å². The molecule has 4 aromatic rings. The number of anilines is 2. The molecule has 1 atom stereocenters. The van der Waals surface area contributed by atoms with Crippen LogP contribution in [-0.4, -0.2) is 73.1 Å². The number of para-hydroxylation sites is 1. The molecular weight excluding hydrogens is 486 g/mol. The van der Waals surface area contributed by atoms with Crippen molar-refractivity contribution in [3.05, 3.63) is 54.4 Å². The fourth-order valence-corrected chi connectivity index (χ4v) is 5.04. The summed E-state index contributed by atoms with van der Waals surface area (Å²) < 4.78 is 15.4. The molecule has 1 saturated carbocycles. The number of benzene rings is 1. The predicted molar refractivity (Wildman–Crippen MR) is 138 cm³/mol. The number of carbonyl (C=O) groups excluding carboxylic acids is 1. The number of tetrazole rings is 1. The van der Waals surface area contributed by atoms with Gasteiger partial charge in [0.2, 0.25) is 0 Å². The van der Waals surface area contributed by atoms with Crippen molar-refractivity contribution in [3.8, 4) is 22.8 Å². The number of carbonyl (C=O) groups is 1.